The van der Waals surface area contributed by atoms with Crippen LogP contribution in [0.2, 0.25) is 0 Å². The van der Waals surface area contributed by atoms with Gasteiger partial charge in [0.15, 0.2) is 0 Å². The van der Waals surface area contributed by atoms with E-state index in [1.807, 2.05) is 0 Å². The van der Waals surface area contributed by atoms with Crippen LogP contribution in [0.25, 0.3) is 0 Å². The lowest BCUT2D eigenvalue weighted by atomic mass is 10.0. The van der Waals surface area contributed by atoms with Gasteiger partial charge in [0.1, 0.15) is 0 Å². The minimum atomic E-state index is 0. The minimum absolute atomic E-state index is 0. The van der Waals surface area contributed by atoms with Crippen molar-refractivity contribution in [3.8, 4) is 0 Å². The van der Waals surface area contributed by atoms with Gasteiger partial charge in [0, 0.05) is 19.1 Å². The second kappa shape index (κ2) is 10.7. The molecule has 0 aromatic heterocycles. The van der Waals surface area contributed by atoms with Crippen molar-refractivity contribution in [2.45, 2.75) is 32.7 Å². The van der Waals surface area contributed by atoms with Crippen LogP contribution in [0, 0.1) is 11.8 Å². The smallest absolute Gasteiger partial charge is 0.224 e. The lowest BCUT2D eigenvalue weighted by Gasteiger charge is -2.26. The number of likely N-dealkylation sites (N-methyl/N-ethyl adjacent to an activating group) is 1. The highest BCUT2D eigenvalue weighted by atomic mass is 35.5. The van der Waals surface area contributed by atoms with Gasteiger partial charge >= 0.3 is 0 Å². The Balaban J connectivity index is 0. The van der Waals surface area contributed by atoms with E-state index in [0.29, 0.717) is 12.0 Å². The summed E-state index contributed by atoms with van der Waals surface area (Å²) in [6.45, 7) is 7.02. The quantitative estimate of drug-likeness (QED) is 0.781. The molecule has 1 saturated heterocycles. The molecule has 6 heteroatoms. The molecular formula is C13H29Cl2N3O. The van der Waals surface area contributed by atoms with Crippen molar-refractivity contribution in [1.29, 1.82) is 0 Å². The van der Waals surface area contributed by atoms with E-state index in [1.165, 1.54) is 0 Å². The number of nitrogens with one attached hydrogen (secondary N) is 2. The monoisotopic (exact) mass is 313 g/mol. The second-order valence-electron chi connectivity index (χ2n) is 5.68. The standard InChI is InChI=1S/C13H27N3O.2ClH/c1-10(2)7-12(16(3)4)9-15-13(17)11-5-6-14-8-11;;/h10-12,14H,5-9H2,1-4H3,(H,15,17);2*1H. The summed E-state index contributed by atoms with van der Waals surface area (Å²) in [5.41, 5.74) is 0. The molecule has 2 N–H and O–H groups in total. The van der Waals surface area contributed by atoms with Gasteiger partial charge < -0.3 is 15.5 Å². The third kappa shape index (κ3) is 7.98. The van der Waals surface area contributed by atoms with E-state index in [-0.39, 0.29) is 36.6 Å². The van der Waals surface area contributed by atoms with E-state index in [4.69, 9.17) is 0 Å². The molecule has 1 rings (SSSR count). The predicted octanol–water partition coefficient (Wildman–Crippen LogP) is 1.53. The number of halogens is 2. The summed E-state index contributed by atoms with van der Waals surface area (Å²) in [5, 5.41) is 6.32. The van der Waals surface area contributed by atoms with Gasteiger partial charge in [0.25, 0.3) is 0 Å². The lowest BCUT2D eigenvalue weighted by Crippen LogP contribution is -2.43. The highest BCUT2D eigenvalue weighted by Gasteiger charge is 2.23. The maximum Gasteiger partial charge on any atom is 0.224 e. The van der Waals surface area contributed by atoms with Gasteiger partial charge in [-0.15, -0.1) is 24.8 Å². The van der Waals surface area contributed by atoms with Crippen LogP contribution < -0.4 is 10.6 Å². The number of rotatable bonds is 6. The van der Waals surface area contributed by atoms with Crippen molar-refractivity contribution in [2.75, 3.05) is 33.7 Å². The summed E-state index contributed by atoms with van der Waals surface area (Å²) >= 11 is 0. The highest BCUT2D eigenvalue weighted by molar-refractivity contribution is 5.85. The molecule has 2 unspecified atom stereocenters. The average molecular weight is 314 g/mol. The number of carbonyl (C=O) groups is 1. The van der Waals surface area contributed by atoms with Crippen molar-refractivity contribution in [3.63, 3.8) is 0 Å². The van der Waals surface area contributed by atoms with Crippen molar-refractivity contribution in [2.24, 2.45) is 11.8 Å². The fraction of sp³-hybridized carbons (Fsp3) is 0.923. The summed E-state index contributed by atoms with van der Waals surface area (Å²) < 4.78 is 0. The maximum atomic E-state index is 11.9. The lowest BCUT2D eigenvalue weighted by molar-refractivity contribution is -0.124. The molecule has 0 spiro atoms. The number of carbonyl (C=O) groups excluding carboxylic acids is 1. The first-order valence-electron chi connectivity index (χ1n) is 6.65. The summed E-state index contributed by atoms with van der Waals surface area (Å²) in [6.07, 6.45) is 2.10. The second-order valence-corrected chi connectivity index (χ2v) is 5.68. The number of amides is 1. The Labute approximate surface area is 129 Å². The van der Waals surface area contributed by atoms with Crippen LogP contribution in [0.15, 0.2) is 0 Å². The first-order valence-corrected chi connectivity index (χ1v) is 6.65. The first kappa shape index (κ1) is 21.3. The van der Waals surface area contributed by atoms with Gasteiger partial charge in [-0.2, -0.15) is 0 Å². The van der Waals surface area contributed by atoms with Crippen molar-refractivity contribution >= 4 is 30.7 Å². The Morgan fingerprint density at radius 1 is 1.37 bits per heavy atom. The van der Waals surface area contributed by atoms with Gasteiger partial charge in [-0.1, -0.05) is 13.8 Å². The molecule has 1 amide bonds. The summed E-state index contributed by atoms with van der Waals surface area (Å²) in [4.78, 5) is 14.1. The molecule has 0 aromatic carbocycles. The number of hydrogen-bond donors (Lipinski definition) is 2. The summed E-state index contributed by atoms with van der Waals surface area (Å²) in [6, 6.07) is 0.438. The van der Waals surface area contributed by atoms with E-state index in [9.17, 15) is 4.79 Å². The molecule has 0 radical (unpaired) electrons. The molecule has 1 heterocycles. The fourth-order valence-corrected chi connectivity index (χ4v) is 2.26. The van der Waals surface area contributed by atoms with E-state index in [2.05, 4.69) is 43.5 Å². The van der Waals surface area contributed by atoms with Crippen molar-refractivity contribution in [3.05, 3.63) is 0 Å². The highest BCUT2D eigenvalue weighted by Crippen LogP contribution is 2.10. The van der Waals surface area contributed by atoms with Crippen molar-refractivity contribution < 1.29 is 4.79 Å². The molecule has 4 nitrogen and oxygen atoms in total. The van der Waals surface area contributed by atoms with Gasteiger partial charge in [-0.3, -0.25) is 4.79 Å². The molecule has 19 heavy (non-hydrogen) atoms. The third-order valence-electron chi connectivity index (χ3n) is 3.42. The zero-order valence-electron chi connectivity index (χ0n) is 12.4. The molecule has 2 atom stereocenters. The topological polar surface area (TPSA) is 44.4 Å². The van der Waals surface area contributed by atoms with Gasteiger partial charge in [-0.25, -0.2) is 0 Å². The van der Waals surface area contributed by atoms with Crippen LogP contribution in [0.4, 0.5) is 0 Å². The molecule has 116 valence electrons. The zero-order valence-corrected chi connectivity index (χ0v) is 14.1. The zero-order chi connectivity index (χ0) is 12.8. The fourth-order valence-electron chi connectivity index (χ4n) is 2.26. The Kier molecular flexibility index (Phi) is 12.0. The largest absolute Gasteiger partial charge is 0.354 e. The maximum absolute atomic E-state index is 11.9. The van der Waals surface area contributed by atoms with Crippen LogP contribution in [-0.4, -0.2) is 50.6 Å². The van der Waals surface area contributed by atoms with Gasteiger partial charge in [-0.05, 0) is 39.4 Å². The molecule has 1 fully saturated rings. The molecule has 0 aliphatic carbocycles. The molecule has 0 saturated carbocycles. The third-order valence-corrected chi connectivity index (χ3v) is 3.42. The van der Waals surface area contributed by atoms with E-state index >= 15 is 0 Å². The molecule has 0 aromatic rings. The van der Waals surface area contributed by atoms with Gasteiger partial charge in [0.2, 0.25) is 5.91 Å². The predicted molar refractivity (Wildman–Crippen MR) is 85.4 cm³/mol. The number of hydrogen-bond acceptors (Lipinski definition) is 3. The van der Waals surface area contributed by atoms with E-state index in [1.54, 1.807) is 0 Å². The van der Waals surface area contributed by atoms with Crippen LogP contribution >= 0.6 is 24.8 Å². The van der Waals surface area contributed by atoms with Crippen LogP contribution in [0.5, 0.6) is 0 Å². The van der Waals surface area contributed by atoms with E-state index in [0.717, 1.165) is 32.5 Å². The molecular weight excluding hydrogens is 285 g/mol. The SMILES string of the molecule is CC(C)CC(CNC(=O)C1CCNC1)N(C)C.Cl.Cl. The van der Waals surface area contributed by atoms with E-state index < -0.39 is 0 Å². The normalized spacial score (nSPS) is 19.8. The van der Waals surface area contributed by atoms with Crippen LogP contribution in [0.1, 0.15) is 26.7 Å². The Bertz CT molecular complexity index is 244. The average Bonchev–Trinajstić information content (AvgIpc) is 2.76. The van der Waals surface area contributed by atoms with Crippen LogP contribution in [-0.2, 0) is 4.79 Å². The first-order chi connectivity index (χ1) is 8.00. The molecule has 1 aliphatic rings. The van der Waals surface area contributed by atoms with Gasteiger partial charge in [0.05, 0.1) is 5.92 Å². The number of nitrogens with zero attached hydrogens (tertiary/aromatic N) is 1. The molecule has 0 bridgehead atoms. The Morgan fingerprint density at radius 3 is 2.42 bits per heavy atom. The minimum Gasteiger partial charge on any atom is -0.354 e. The summed E-state index contributed by atoms with van der Waals surface area (Å²) in [7, 11) is 4.16. The molecule has 1 aliphatic heterocycles. The summed E-state index contributed by atoms with van der Waals surface area (Å²) in [5.74, 6) is 1.05. The Hall–Kier alpha value is -0.0300. The Morgan fingerprint density at radius 2 is 2.00 bits per heavy atom. The van der Waals surface area contributed by atoms with Crippen LogP contribution in [0.3, 0.4) is 0 Å². The van der Waals surface area contributed by atoms with Crippen molar-refractivity contribution in [1.82, 2.24) is 15.5 Å².